The molecule has 0 nitrogen and oxygen atoms in total. The van der Waals surface area contributed by atoms with E-state index in [2.05, 4.69) is 52.0 Å². The molecule has 1 heteroatoms. The molecule has 126 valence electrons. The first-order chi connectivity index (χ1) is 10.9. The van der Waals surface area contributed by atoms with E-state index in [1.165, 1.54) is 19.3 Å². The lowest BCUT2D eigenvalue weighted by Gasteiger charge is -2.53. The Morgan fingerprint density at radius 2 is 1.96 bits per heavy atom. The highest BCUT2D eigenvalue weighted by atomic mass is 19.1. The molecule has 0 bridgehead atoms. The minimum Gasteiger partial charge on any atom is -0.243 e. The van der Waals surface area contributed by atoms with Crippen LogP contribution in [0, 0.1) is 34.5 Å². The maximum Gasteiger partial charge on any atom is 0.123 e. The van der Waals surface area contributed by atoms with Gasteiger partial charge in [-0.3, -0.25) is 0 Å². The monoisotopic (exact) mass is 314 g/mol. The third kappa shape index (κ3) is 1.94. The minimum atomic E-state index is -0.745. The molecule has 4 rings (SSSR count). The molecule has 0 aliphatic heterocycles. The summed E-state index contributed by atoms with van der Waals surface area (Å²) in [6.45, 7) is 9.54. The molecule has 0 aromatic carbocycles. The molecule has 4 aliphatic carbocycles. The quantitative estimate of drug-likeness (QED) is 0.501. The zero-order valence-corrected chi connectivity index (χ0v) is 15.1. The van der Waals surface area contributed by atoms with Crippen LogP contribution < -0.4 is 0 Å². The lowest BCUT2D eigenvalue weighted by Crippen LogP contribution is -2.46. The van der Waals surface area contributed by atoms with Gasteiger partial charge in [-0.15, -0.1) is 0 Å². The Labute approximate surface area is 140 Å². The topological polar surface area (TPSA) is 0 Å². The first-order valence-corrected chi connectivity index (χ1v) is 9.64. The summed E-state index contributed by atoms with van der Waals surface area (Å²) in [6.07, 6.45) is 13.9. The average Bonchev–Trinajstić information content (AvgIpc) is 2.77. The summed E-state index contributed by atoms with van der Waals surface area (Å²) in [6, 6.07) is 0. The zero-order chi connectivity index (χ0) is 16.4. The summed E-state index contributed by atoms with van der Waals surface area (Å²) in [4.78, 5) is 0. The number of rotatable bonds is 1. The second-order valence-corrected chi connectivity index (χ2v) is 9.01. The van der Waals surface area contributed by atoms with Gasteiger partial charge in [-0.25, -0.2) is 4.39 Å². The van der Waals surface area contributed by atoms with Gasteiger partial charge in [-0.2, -0.15) is 0 Å². The molecule has 0 heterocycles. The van der Waals surface area contributed by atoms with Gasteiger partial charge in [0.05, 0.1) is 0 Å². The fraction of sp³-hybridized carbons (Fsp3) is 0.727. The fourth-order valence-corrected chi connectivity index (χ4v) is 7.01. The highest BCUT2D eigenvalue weighted by molar-refractivity contribution is 5.45. The zero-order valence-electron chi connectivity index (χ0n) is 15.1. The summed E-state index contributed by atoms with van der Waals surface area (Å²) in [5, 5.41) is 0. The van der Waals surface area contributed by atoms with E-state index in [0.717, 1.165) is 30.3 Å². The molecule has 23 heavy (non-hydrogen) atoms. The van der Waals surface area contributed by atoms with Crippen LogP contribution >= 0.6 is 0 Å². The first-order valence-electron chi connectivity index (χ1n) is 9.64. The normalized spacial score (nSPS) is 51.4. The van der Waals surface area contributed by atoms with Crippen molar-refractivity contribution in [3.63, 3.8) is 0 Å². The smallest absolute Gasteiger partial charge is 0.123 e. The van der Waals surface area contributed by atoms with Crippen LogP contribution in [0.15, 0.2) is 35.5 Å². The van der Waals surface area contributed by atoms with Crippen LogP contribution in [0.2, 0.25) is 0 Å². The van der Waals surface area contributed by atoms with Crippen molar-refractivity contribution in [2.45, 2.75) is 66.0 Å². The van der Waals surface area contributed by atoms with Gasteiger partial charge in [0.15, 0.2) is 0 Å². The average molecular weight is 314 g/mol. The molecule has 0 spiro atoms. The minimum absolute atomic E-state index is 0.143. The van der Waals surface area contributed by atoms with Crippen molar-refractivity contribution in [3.8, 4) is 0 Å². The Balaban J connectivity index is 1.79. The number of fused-ring (bicyclic) bond motifs is 5. The molecule has 0 radical (unpaired) electrons. The Bertz CT molecular complexity index is 597. The molecule has 0 N–H and O–H groups in total. The largest absolute Gasteiger partial charge is 0.243 e. The van der Waals surface area contributed by atoms with E-state index < -0.39 is 6.17 Å². The van der Waals surface area contributed by atoms with Crippen LogP contribution in [0.4, 0.5) is 4.39 Å². The fourth-order valence-electron chi connectivity index (χ4n) is 7.01. The first kappa shape index (κ1) is 15.7. The molecule has 0 unspecified atom stereocenters. The van der Waals surface area contributed by atoms with Gasteiger partial charge in [0.2, 0.25) is 0 Å². The van der Waals surface area contributed by atoms with Crippen LogP contribution in [0.3, 0.4) is 0 Å². The molecule has 0 amide bonds. The molecular formula is C22H31F. The predicted octanol–water partition coefficient (Wildman–Crippen LogP) is 6.26. The van der Waals surface area contributed by atoms with E-state index in [1.54, 1.807) is 5.57 Å². The number of hydrogen-bond acceptors (Lipinski definition) is 0. The van der Waals surface area contributed by atoms with E-state index in [9.17, 15) is 0 Å². The van der Waals surface area contributed by atoms with Crippen LogP contribution in [0.5, 0.6) is 0 Å². The lowest BCUT2D eigenvalue weighted by atomic mass is 9.52. The number of allylic oxidation sites excluding steroid dienone is 6. The van der Waals surface area contributed by atoms with E-state index in [1.807, 2.05) is 0 Å². The molecule has 0 aromatic heterocycles. The Morgan fingerprint density at radius 1 is 1.17 bits per heavy atom. The van der Waals surface area contributed by atoms with Gasteiger partial charge in [-0.1, -0.05) is 57.1 Å². The summed E-state index contributed by atoms with van der Waals surface area (Å²) in [5.74, 6) is 2.71. The van der Waals surface area contributed by atoms with Gasteiger partial charge >= 0.3 is 0 Å². The third-order valence-electron chi connectivity index (χ3n) is 8.02. The summed E-state index contributed by atoms with van der Waals surface area (Å²) >= 11 is 0. The number of alkyl halides is 1. The molecule has 0 saturated heterocycles. The van der Waals surface area contributed by atoms with Crippen LogP contribution in [0.1, 0.15) is 59.8 Å². The van der Waals surface area contributed by atoms with Crippen molar-refractivity contribution >= 4 is 0 Å². The molecule has 2 saturated carbocycles. The molecule has 7 atom stereocenters. The van der Waals surface area contributed by atoms with Crippen molar-refractivity contribution in [2.24, 2.45) is 34.5 Å². The summed E-state index contributed by atoms with van der Waals surface area (Å²) < 4.78 is 15.1. The van der Waals surface area contributed by atoms with Crippen LogP contribution in [-0.2, 0) is 0 Å². The predicted molar refractivity (Wildman–Crippen MR) is 94.8 cm³/mol. The second-order valence-electron chi connectivity index (χ2n) is 9.01. The van der Waals surface area contributed by atoms with Gasteiger partial charge in [0.1, 0.15) is 6.17 Å². The van der Waals surface area contributed by atoms with Crippen molar-refractivity contribution in [3.05, 3.63) is 35.5 Å². The SMILES string of the molecule is CC[C@@H]1[C@H](C)C[C@H]2[C@@H]3C[C@H](F)C4=CCC=C[C@]4(C)C3=CC[C@]12C. The number of hydrogen-bond donors (Lipinski definition) is 0. The molecule has 2 fully saturated rings. The molecular weight excluding hydrogens is 283 g/mol. The highest BCUT2D eigenvalue weighted by Crippen LogP contribution is 2.65. The summed E-state index contributed by atoms with van der Waals surface area (Å²) in [7, 11) is 0. The Morgan fingerprint density at radius 3 is 2.70 bits per heavy atom. The standard InChI is InChI=1S/C22H31F/c1-5-16-14(2)12-19-15-13-20(23)18-8-6-7-10-21(18,3)17(15)9-11-22(16,19)4/h7-10,14-16,19-20H,5-6,11-13H2,1-4H3/t14-,15-,16-,19+,20+,21-,22-/m1/s1. The molecule has 4 aliphatic rings. The van der Waals surface area contributed by atoms with Crippen molar-refractivity contribution in [1.29, 1.82) is 0 Å². The maximum absolute atomic E-state index is 15.1. The van der Waals surface area contributed by atoms with Gasteiger partial charge in [0.25, 0.3) is 0 Å². The Kier molecular flexibility index (Phi) is 3.45. The lowest BCUT2D eigenvalue weighted by molar-refractivity contribution is 0.0704. The molecule has 0 aromatic rings. The number of halogens is 1. The van der Waals surface area contributed by atoms with Crippen LogP contribution in [-0.4, -0.2) is 6.17 Å². The van der Waals surface area contributed by atoms with E-state index in [0.29, 0.717) is 17.3 Å². The van der Waals surface area contributed by atoms with Crippen LogP contribution in [0.25, 0.3) is 0 Å². The van der Waals surface area contributed by atoms with Gasteiger partial charge in [-0.05, 0) is 67.3 Å². The third-order valence-corrected chi connectivity index (χ3v) is 8.02. The van der Waals surface area contributed by atoms with Crippen molar-refractivity contribution in [2.75, 3.05) is 0 Å². The van der Waals surface area contributed by atoms with Crippen molar-refractivity contribution < 1.29 is 4.39 Å². The van der Waals surface area contributed by atoms with E-state index in [-0.39, 0.29) is 5.41 Å². The van der Waals surface area contributed by atoms with Gasteiger partial charge < -0.3 is 0 Å². The Hall–Kier alpha value is -0.850. The van der Waals surface area contributed by atoms with E-state index in [4.69, 9.17) is 0 Å². The van der Waals surface area contributed by atoms with Gasteiger partial charge in [0, 0.05) is 5.41 Å². The maximum atomic E-state index is 15.1. The van der Waals surface area contributed by atoms with E-state index >= 15 is 4.39 Å². The highest BCUT2D eigenvalue weighted by Gasteiger charge is 2.58. The van der Waals surface area contributed by atoms with Crippen molar-refractivity contribution in [1.82, 2.24) is 0 Å². The second kappa shape index (κ2) is 5.07. The summed E-state index contributed by atoms with van der Waals surface area (Å²) in [5.41, 5.74) is 2.83.